The largest absolute Gasteiger partial charge is 0.493 e. The first kappa shape index (κ1) is 22.3. The van der Waals surface area contributed by atoms with E-state index in [2.05, 4.69) is 36.2 Å². The maximum absolute atomic E-state index is 13.1. The fourth-order valence-corrected chi connectivity index (χ4v) is 4.90. The van der Waals surface area contributed by atoms with E-state index in [0.29, 0.717) is 29.6 Å². The molecule has 168 valence electrons. The normalized spacial score (nSPS) is 18.3. The molecule has 2 aromatic rings. The van der Waals surface area contributed by atoms with Crippen molar-refractivity contribution < 1.29 is 14.3 Å². The average molecular weight is 451 g/mol. The molecule has 0 amide bonds. The highest BCUT2D eigenvalue weighted by Crippen LogP contribution is 2.43. The zero-order valence-corrected chi connectivity index (χ0v) is 19.8. The summed E-state index contributed by atoms with van der Waals surface area (Å²) in [6.45, 7) is 5.40. The number of hydrogen-bond acceptors (Lipinski definition) is 4. The average Bonchev–Trinajstić information content (AvgIpc) is 2.79. The molecule has 0 radical (unpaired) electrons. The van der Waals surface area contributed by atoms with Gasteiger partial charge in [0.2, 0.25) is 0 Å². The Labute approximate surface area is 195 Å². The van der Waals surface area contributed by atoms with E-state index < -0.39 is 0 Å². The van der Waals surface area contributed by atoms with Crippen LogP contribution in [0.3, 0.4) is 0 Å². The summed E-state index contributed by atoms with van der Waals surface area (Å²) in [7, 11) is 1.64. The summed E-state index contributed by atoms with van der Waals surface area (Å²) in [4.78, 5) is 15.2. The van der Waals surface area contributed by atoms with Gasteiger partial charge in [-0.15, -0.1) is 0 Å². The van der Waals surface area contributed by atoms with E-state index in [1.807, 2.05) is 30.3 Å². The SMILES string of the molecule is CCCN1C(=S)NC(c2cccc(OC)c2OCc2cccc(C)c2)C2=C1CCCC2=O. The van der Waals surface area contributed by atoms with Crippen LogP contribution in [-0.2, 0) is 11.4 Å². The Kier molecular flexibility index (Phi) is 6.80. The van der Waals surface area contributed by atoms with Crippen molar-refractivity contribution in [3.8, 4) is 11.5 Å². The van der Waals surface area contributed by atoms with Gasteiger partial charge < -0.3 is 19.7 Å². The minimum atomic E-state index is -0.346. The van der Waals surface area contributed by atoms with Crippen LogP contribution in [0.4, 0.5) is 0 Å². The van der Waals surface area contributed by atoms with Crippen LogP contribution in [0.5, 0.6) is 11.5 Å². The van der Waals surface area contributed by atoms with E-state index >= 15 is 0 Å². The summed E-state index contributed by atoms with van der Waals surface area (Å²) >= 11 is 5.73. The number of rotatable bonds is 7. The van der Waals surface area contributed by atoms with Gasteiger partial charge in [0.1, 0.15) is 6.61 Å². The lowest BCUT2D eigenvalue weighted by Crippen LogP contribution is -2.49. The lowest BCUT2D eigenvalue weighted by molar-refractivity contribution is -0.116. The first-order chi connectivity index (χ1) is 15.5. The molecule has 1 aliphatic heterocycles. The van der Waals surface area contributed by atoms with E-state index in [1.54, 1.807) is 7.11 Å². The van der Waals surface area contributed by atoms with E-state index in [1.165, 1.54) is 5.56 Å². The second-order valence-corrected chi connectivity index (χ2v) is 8.71. The molecule has 6 heteroatoms. The van der Waals surface area contributed by atoms with Gasteiger partial charge in [0.25, 0.3) is 0 Å². The number of hydrogen-bond donors (Lipinski definition) is 1. The highest BCUT2D eigenvalue weighted by Gasteiger charge is 2.38. The Morgan fingerprint density at radius 3 is 2.75 bits per heavy atom. The third-order valence-corrected chi connectivity index (χ3v) is 6.35. The van der Waals surface area contributed by atoms with Crippen molar-refractivity contribution in [2.24, 2.45) is 0 Å². The second kappa shape index (κ2) is 9.74. The number of aryl methyl sites for hydroxylation is 1. The molecule has 1 unspecified atom stereocenters. The molecule has 4 rings (SSSR count). The Morgan fingerprint density at radius 1 is 1.19 bits per heavy atom. The number of nitrogens with zero attached hydrogens (tertiary/aromatic N) is 1. The fraction of sp³-hybridized carbons (Fsp3) is 0.385. The maximum Gasteiger partial charge on any atom is 0.173 e. The Hall–Kier alpha value is -2.86. The predicted molar refractivity (Wildman–Crippen MR) is 130 cm³/mol. The standard InChI is InChI=1S/C26H30N2O3S/c1-4-14-28-20-11-7-12-21(29)23(20)24(27-26(28)32)19-10-6-13-22(30-3)25(19)31-16-18-9-5-8-17(2)15-18/h5-6,8-10,13,15,24H,4,7,11-12,14,16H2,1-3H3,(H,27,32). The highest BCUT2D eigenvalue weighted by atomic mass is 32.1. The quantitative estimate of drug-likeness (QED) is 0.583. The number of carbonyl (C=O) groups excluding carboxylic acids is 1. The molecule has 0 spiro atoms. The van der Waals surface area contributed by atoms with Crippen LogP contribution in [0.25, 0.3) is 0 Å². The van der Waals surface area contributed by atoms with Gasteiger partial charge >= 0.3 is 0 Å². The molecule has 32 heavy (non-hydrogen) atoms. The molecule has 0 aromatic heterocycles. The van der Waals surface area contributed by atoms with Gasteiger partial charge in [-0.05, 0) is 50.0 Å². The third-order valence-electron chi connectivity index (χ3n) is 6.01. The van der Waals surface area contributed by atoms with E-state index in [0.717, 1.165) is 48.2 Å². The van der Waals surface area contributed by atoms with Crippen molar-refractivity contribution in [3.63, 3.8) is 0 Å². The molecule has 1 N–H and O–H groups in total. The van der Waals surface area contributed by atoms with Crippen molar-refractivity contribution in [1.29, 1.82) is 0 Å². The van der Waals surface area contributed by atoms with Gasteiger partial charge in [0, 0.05) is 29.8 Å². The molecule has 2 aliphatic rings. The molecule has 0 fully saturated rings. The topological polar surface area (TPSA) is 50.8 Å². The van der Waals surface area contributed by atoms with Crippen LogP contribution in [0.2, 0.25) is 0 Å². The predicted octanol–water partition coefficient (Wildman–Crippen LogP) is 5.23. The Morgan fingerprint density at radius 2 is 2.00 bits per heavy atom. The first-order valence-electron chi connectivity index (χ1n) is 11.2. The first-order valence-corrected chi connectivity index (χ1v) is 11.6. The van der Waals surface area contributed by atoms with Crippen molar-refractivity contribution in [2.45, 2.75) is 52.2 Å². The molecule has 2 aromatic carbocycles. The summed E-state index contributed by atoms with van der Waals surface area (Å²) in [5, 5.41) is 4.10. The summed E-state index contributed by atoms with van der Waals surface area (Å²) in [6, 6.07) is 13.7. The van der Waals surface area contributed by atoms with Gasteiger partial charge in [-0.3, -0.25) is 4.79 Å². The maximum atomic E-state index is 13.1. The van der Waals surface area contributed by atoms with Crippen LogP contribution in [-0.4, -0.2) is 29.5 Å². The van der Waals surface area contributed by atoms with E-state index in [4.69, 9.17) is 21.7 Å². The summed E-state index contributed by atoms with van der Waals surface area (Å²) < 4.78 is 12.0. The molecule has 1 aliphatic carbocycles. The summed E-state index contributed by atoms with van der Waals surface area (Å²) in [5.41, 5.74) is 5.01. The second-order valence-electron chi connectivity index (χ2n) is 8.33. The number of carbonyl (C=O) groups is 1. The molecule has 1 atom stereocenters. The Balaban J connectivity index is 1.76. The molecule has 5 nitrogen and oxygen atoms in total. The number of para-hydroxylation sites is 1. The lowest BCUT2D eigenvalue weighted by Gasteiger charge is -2.41. The molecular weight excluding hydrogens is 420 g/mol. The van der Waals surface area contributed by atoms with Crippen LogP contribution < -0.4 is 14.8 Å². The van der Waals surface area contributed by atoms with Gasteiger partial charge in [-0.1, -0.05) is 48.9 Å². The van der Waals surface area contributed by atoms with Crippen LogP contribution in [0.1, 0.15) is 55.3 Å². The van der Waals surface area contributed by atoms with Crippen molar-refractivity contribution in [1.82, 2.24) is 10.2 Å². The number of methoxy groups -OCH3 is 1. The highest BCUT2D eigenvalue weighted by molar-refractivity contribution is 7.80. The number of thiocarbonyl (C=S) groups is 1. The van der Waals surface area contributed by atoms with Crippen molar-refractivity contribution in [2.75, 3.05) is 13.7 Å². The minimum absolute atomic E-state index is 0.180. The number of ketones is 1. The third kappa shape index (κ3) is 4.37. The van der Waals surface area contributed by atoms with Gasteiger partial charge in [-0.2, -0.15) is 0 Å². The number of ether oxygens (including phenoxy) is 2. The number of nitrogens with one attached hydrogen (secondary N) is 1. The zero-order chi connectivity index (χ0) is 22.7. The van der Waals surface area contributed by atoms with Crippen LogP contribution >= 0.6 is 12.2 Å². The van der Waals surface area contributed by atoms with Crippen LogP contribution in [0, 0.1) is 6.92 Å². The molecular formula is C26H30N2O3S. The van der Waals surface area contributed by atoms with Crippen molar-refractivity contribution >= 4 is 23.1 Å². The molecule has 1 heterocycles. The van der Waals surface area contributed by atoms with Gasteiger partial charge in [-0.25, -0.2) is 0 Å². The molecule has 0 saturated heterocycles. The molecule has 0 bridgehead atoms. The van der Waals surface area contributed by atoms with Crippen molar-refractivity contribution in [3.05, 3.63) is 70.4 Å². The molecule has 0 saturated carbocycles. The monoisotopic (exact) mass is 450 g/mol. The van der Waals surface area contributed by atoms with E-state index in [-0.39, 0.29) is 11.8 Å². The van der Waals surface area contributed by atoms with Crippen LogP contribution in [0.15, 0.2) is 53.7 Å². The summed E-state index contributed by atoms with van der Waals surface area (Å²) in [5.74, 6) is 1.47. The fourth-order valence-electron chi connectivity index (χ4n) is 4.58. The zero-order valence-electron chi connectivity index (χ0n) is 18.9. The lowest BCUT2D eigenvalue weighted by atomic mass is 9.84. The Bertz CT molecular complexity index is 1060. The van der Waals surface area contributed by atoms with Gasteiger partial charge in [0.05, 0.1) is 13.2 Å². The smallest absolute Gasteiger partial charge is 0.173 e. The van der Waals surface area contributed by atoms with Gasteiger partial charge in [0.15, 0.2) is 22.4 Å². The van der Waals surface area contributed by atoms with E-state index in [9.17, 15) is 4.79 Å². The number of Topliss-reactive ketones (excluding diaryl/α,β-unsaturated/α-hetero) is 1. The number of benzene rings is 2. The summed E-state index contributed by atoms with van der Waals surface area (Å²) in [6.07, 6.45) is 3.25. The minimum Gasteiger partial charge on any atom is -0.493 e. The number of allylic oxidation sites excluding steroid dienone is 1.